The number of benzene rings is 2. The number of rotatable bonds is 7. The Morgan fingerprint density at radius 1 is 1.15 bits per heavy atom. The third-order valence-corrected chi connectivity index (χ3v) is 6.84. The van der Waals surface area contributed by atoms with Gasteiger partial charge in [0.15, 0.2) is 6.04 Å². The van der Waals surface area contributed by atoms with Crippen LogP contribution in [0.4, 0.5) is 5.69 Å². The maximum atomic E-state index is 12.8. The minimum absolute atomic E-state index is 0.0582. The number of ether oxygens (including phenoxy) is 1. The van der Waals surface area contributed by atoms with E-state index < -0.39 is 23.0 Å². The minimum Gasteiger partial charge on any atom is -0.459 e. The van der Waals surface area contributed by atoms with E-state index in [4.69, 9.17) is 4.74 Å². The summed E-state index contributed by atoms with van der Waals surface area (Å²) in [4.78, 5) is 49.6. The zero-order chi connectivity index (χ0) is 23.5. The highest BCUT2D eigenvalue weighted by Crippen LogP contribution is 2.40. The van der Waals surface area contributed by atoms with E-state index in [2.05, 4.69) is 11.9 Å². The highest BCUT2D eigenvalue weighted by molar-refractivity contribution is 8.00. The van der Waals surface area contributed by atoms with Crippen molar-refractivity contribution in [2.45, 2.75) is 30.5 Å². The molecule has 0 radical (unpaired) electrons. The predicted octanol–water partition coefficient (Wildman–Crippen LogP) is 2.21. The second-order valence-corrected chi connectivity index (χ2v) is 8.85. The van der Waals surface area contributed by atoms with E-state index in [-0.39, 0.29) is 35.9 Å². The summed E-state index contributed by atoms with van der Waals surface area (Å²) in [5.74, 6) is -0.781. The molecule has 9 nitrogen and oxygen atoms in total. The number of carbonyl (C=O) groups is 3. The van der Waals surface area contributed by atoms with Gasteiger partial charge in [-0.25, -0.2) is 4.79 Å². The number of fused-ring (bicyclic) bond motifs is 1. The molecule has 2 fully saturated rings. The second-order valence-electron chi connectivity index (χ2n) is 7.75. The van der Waals surface area contributed by atoms with E-state index in [0.717, 1.165) is 5.56 Å². The van der Waals surface area contributed by atoms with Gasteiger partial charge in [0.1, 0.15) is 18.0 Å². The van der Waals surface area contributed by atoms with Crippen LogP contribution >= 0.6 is 11.8 Å². The number of non-ortho nitro benzene ring substituents is 1. The SMILES string of the molecule is C=C1CS[C@H]2C(NC(=O)Cc3ccccc3)C(=O)N2C1C(=O)OCc1ccc([N+](=O)[O-])cc1. The number of nitro groups is 1. The van der Waals surface area contributed by atoms with E-state index in [9.17, 15) is 24.5 Å². The van der Waals surface area contributed by atoms with Crippen LogP contribution in [0.1, 0.15) is 11.1 Å². The van der Waals surface area contributed by atoms with Crippen molar-refractivity contribution in [1.29, 1.82) is 0 Å². The minimum atomic E-state index is -0.927. The van der Waals surface area contributed by atoms with Gasteiger partial charge in [-0.15, -0.1) is 11.8 Å². The normalized spacial score (nSPS) is 21.6. The van der Waals surface area contributed by atoms with Gasteiger partial charge in [-0.3, -0.25) is 19.7 Å². The van der Waals surface area contributed by atoms with Crippen molar-refractivity contribution in [2.75, 3.05) is 5.75 Å². The molecule has 10 heteroatoms. The summed E-state index contributed by atoms with van der Waals surface area (Å²) in [7, 11) is 0. The molecule has 1 N–H and O–H groups in total. The molecule has 0 aromatic heterocycles. The summed E-state index contributed by atoms with van der Waals surface area (Å²) >= 11 is 1.44. The molecule has 2 aromatic rings. The number of carbonyl (C=O) groups excluding carboxylic acids is 3. The molecular formula is C23H21N3O6S. The number of esters is 1. The molecule has 0 spiro atoms. The molecule has 2 amide bonds. The Bertz CT molecular complexity index is 1100. The summed E-state index contributed by atoms with van der Waals surface area (Å²) in [6, 6.07) is 13.3. The van der Waals surface area contributed by atoms with Crippen molar-refractivity contribution in [3.8, 4) is 0 Å². The third-order valence-electron chi connectivity index (χ3n) is 5.46. The number of hydrogen-bond donors (Lipinski definition) is 1. The Balaban J connectivity index is 1.36. The smallest absolute Gasteiger partial charge is 0.333 e. The van der Waals surface area contributed by atoms with Gasteiger partial charge in [0.2, 0.25) is 11.8 Å². The number of β-lactam (4-membered cyclic amide) rings is 1. The van der Waals surface area contributed by atoms with Crippen LogP contribution in [0.5, 0.6) is 0 Å². The molecule has 0 saturated carbocycles. The van der Waals surface area contributed by atoms with Crippen LogP contribution in [-0.4, -0.2) is 50.8 Å². The molecule has 3 atom stereocenters. The lowest BCUT2D eigenvalue weighted by Crippen LogP contribution is -2.74. The van der Waals surface area contributed by atoms with Gasteiger partial charge in [-0.1, -0.05) is 36.9 Å². The van der Waals surface area contributed by atoms with Crippen LogP contribution < -0.4 is 5.32 Å². The first-order valence-corrected chi connectivity index (χ1v) is 11.2. The highest BCUT2D eigenvalue weighted by Gasteiger charge is 2.56. The van der Waals surface area contributed by atoms with Gasteiger partial charge in [0, 0.05) is 17.9 Å². The van der Waals surface area contributed by atoms with Crippen molar-refractivity contribution >= 4 is 35.2 Å². The quantitative estimate of drug-likeness (QED) is 0.218. The molecule has 2 aromatic carbocycles. The fourth-order valence-electron chi connectivity index (χ4n) is 3.77. The van der Waals surface area contributed by atoms with Gasteiger partial charge in [-0.05, 0) is 28.8 Å². The summed E-state index contributed by atoms with van der Waals surface area (Å²) in [6.45, 7) is 3.83. The van der Waals surface area contributed by atoms with E-state index >= 15 is 0 Å². The lowest BCUT2D eigenvalue weighted by molar-refractivity contribution is -0.384. The van der Waals surface area contributed by atoms with Crippen LogP contribution in [0.3, 0.4) is 0 Å². The first kappa shape index (κ1) is 22.5. The number of amides is 2. The van der Waals surface area contributed by atoms with E-state index in [0.29, 0.717) is 16.9 Å². The van der Waals surface area contributed by atoms with Crippen LogP contribution in [0.2, 0.25) is 0 Å². The molecule has 33 heavy (non-hydrogen) atoms. The molecule has 2 aliphatic heterocycles. The molecule has 2 heterocycles. The van der Waals surface area contributed by atoms with Crippen molar-refractivity contribution in [1.82, 2.24) is 10.2 Å². The van der Waals surface area contributed by atoms with Crippen molar-refractivity contribution in [3.63, 3.8) is 0 Å². The molecule has 0 bridgehead atoms. The molecule has 0 aliphatic carbocycles. The Labute approximate surface area is 193 Å². The summed E-state index contributed by atoms with van der Waals surface area (Å²) < 4.78 is 5.37. The third kappa shape index (κ3) is 4.75. The number of nitro benzene ring substituents is 1. The lowest BCUT2D eigenvalue weighted by atomic mass is 9.98. The van der Waals surface area contributed by atoms with Crippen LogP contribution in [-0.2, 0) is 32.1 Å². The first-order chi connectivity index (χ1) is 15.8. The molecule has 2 saturated heterocycles. The zero-order valence-corrected chi connectivity index (χ0v) is 18.3. The lowest BCUT2D eigenvalue weighted by Gasteiger charge is -2.52. The van der Waals surface area contributed by atoms with Gasteiger partial charge in [0.05, 0.1) is 11.3 Å². The van der Waals surface area contributed by atoms with Crippen LogP contribution in [0.25, 0.3) is 0 Å². The van der Waals surface area contributed by atoms with E-state index in [1.165, 1.54) is 40.9 Å². The second kappa shape index (κ2) is 9.45. The number of nitrogens with one attached hydrogen (secondary N) is 1. The van der Waals surface area contributed by atoms with Crippen LogP contribution in [0, 0.1) is 10.1 Å². The van der Waals surface area contributed by atoms with Gasteiger partial charge >= 0.3 is 5.97 Å². The Morgan fingerprint density at radius 3 is 2.52 bits per heavy atom. The molecule has 2 unspecified atom stereocenters. The van der Waals surface area contributed by atoms with E-state index in [1.54, 1.807) is 0 Å². The predicted molar refractivity (Wildman–Crippen MR) is 121 cm³/mol. The standard InChI is InChI=1S/C23H21N3O6S/c1-14-13-33-22-19(24-18(27)11-15-5-3-2-4-6-15)21(28)25(22)20(14)23(29)32-12-16-7-9-17(10-8-16)26(30)31/h2-10,19-20,22H,1,11-13H2,(H,24,27)/t19?,20?,22-/m0/s1. The van der Waals surface area contributed by atoms with Crippen LogP contribution in [0.15, 0.2) is 66.7 Å². The average molecular weight is 468 g/mol. The maximum absolute atomic E-state index is 12.8. The average Bonchev–Trinajstić information content (AvgIpc) is 2.81. The Morgan fingerprint density at radius 2 is 1.85 bits per heavy atom. The largest absolute Gasteiger partial charge is 0.459 e. The fourth-order valence-corrected chi connectivity index (χ4v) is 5.08. The van der Waals surface area contributed by atoms with Crippen molar-refractivity contribution < 1.29 is 24.0 Å². The topological polar surface area (TPSA) is 119 Å². The molecule has 2 aliphatic rings. The summed E-state index contributed by atoms with van der Waals surface area (Å²) in [6.07, 6.45) is 0.162. The van der Waals surface area contributed by atoms with Gasteiger partial charge in [0.25, 0.3) is 5.69 Å². The Kier molecular flexibility index (Phi) is 6.45. The maximum Gasteiger partial charge on any atom is 0.333 e. The summed E-state index contributed by atoms with van der Waals surface area (Å²) in [5.41, 5.74) is 1.92. The van der Waals surface area contributed by atoms with E-state index in [1.807, 2.05) is 30.3 Å². The van der Waals surface area contributed by atoms with Crippen molar-refractivity contribution in [2.24, 2.45) is 0 Å². The monoisotopic (exact) mass is 467 g/mol. The number of hydrogen-bond acceptors (Lipinski definition) is 7. The highest BCUT2D eigenvalue weighted by atomic mass is 32.2. The fraction of sp³-hybridized carbons (Fsp3) is 0.261. The first-order valence-electron chi connectivity index (χ1n) is 10.2. The van der Waals surface area contributed by atoms with Crippen molar-refractivity contribution in [3.05, 3.63) is 88.0 Å². The zero-order valence-electron chi connectivity index (χ0n) is 17.5. The number of nitrogens with zero attached hydrogens (tertiary/aromatic N) is 2. The van der Waals surface area contributed by atoms with Gasteiger partial charge < -0.3 is 15.0 Å². The molecular weight excluding hydrogens is 446 g/mol. The summed E-state index contributed by atoms with van der Waals surface area (Å²) in [5, 5.41) is 13.2. The number of thioether (sulfide) groups is 1. The molecule has 4 rings (SSSR count). The molecule has 170 valence electrons. The Hall–Kier alpha value is -3.66. The van der Waals surface area contributed by atoms with Gasteiger partial charge in [-0.2, -0.15) is 0 Å².